The zero-order valence-electron chi connectivity index (χ0n) is 9.05. The Morgan fingerprint density at radius 1 is 1.50 bits per heavy atom. The van der Waals surface area contributed by atoms with Gasteiger partial charge in [0, 0.05) is 11.1 Å². The van der Waals surface area contributed by atoms with E-state index in [1.165, 1.54) is 19.1 Å². The van der Waals surface area contributed by atoms with Gasteiger partial charge in [0.1, 0.15) is 6.07 Å². The van der Waals surface area contributed by atoms with Crippen molar-refractivity contribution in [1.29, 1.82) is 5.26 Å². The van der Waals surface area contributed by atoms with Crippen molar-refractivity contribution in [3.8, 4) is 6.07 Å². The largest absolute Gasteiger partial charge is 0.294 e. The summed E-state index contributed by atoms with van der Waals surface area (Å²) in [6.45, 7) is 3.07. The molecule has 2 nitrogen and oxygen atoms in total. The minimum absolute atomic E-state index is 0.0807. The summed E-state index contributed by atoms with van der Waals surface area (Å²) in [5.41, 5.74) is 0.156. The number of nitriles is 1. The van der Waals surface area contributed by atoms with Gasteiger partial charge in [0.15, 0.2) is 5.78 Å². The molecule has 0 spiro atoms. The highest BCUT2D eigenvalue weighted by Gasteiger charge is 2.19. The van der Waals surface area contributed by atoms with E-state index in [2.05, 4.69) is 0 Å². The Hall–Kier alpha value is -1.76. The molecule has 0 aliphatic heterocycles. The van der Waals surface area contributed by atoms with Crippen LogP contribution >= 0.6 is 0 Å². The molecule has 0 aliphatic carbocycles. The van der Waals surface area contributed by atoms with Crippen molar-refractivity contribution >= 4 is 5.78 Å². The van der Waals surface area contributed by atoms with Gasteiger partial charge in [-0.05, 0) is 31.0 Å². The first-order valence-corrected chi connectivity index (χ1v) is 4.87. The maximum Gasteiger partial charge on any atom is 0.265 e. The number of aryl methyl sites for hydroxylation is 1. The van der Waals surface area contributed by atoms with Gasteiger partial charge in [-0.15, -0.1) is 0 Å². The van der Waals surface area contributed by atoms with Gasteiger partial charge in [0.2, 0.25) is 0 Å². The number of benzene rings is 1. The smallest absolute Gasteiger partial charge is 0.265 e. The fourth-order valence-corrected chi connectivity index (χ4v) is 1.51. The Bertz CT molecular complexity index is 461. The number of ketones is 1. The molecule has 0 saturated carbocycles. The molecule has 0 heterocycles. The van der Waals surface area contributed by atoms with Gasteiger partial charge in [-0.2, -0.15) is 5.26 Å². The zero-order valence-corrected chi connectivity index (χ0v) is 9.05. The molecule has 0 aromatic heterocycles. The number of hydrogen-bond acceptors (Lipinski definition) is 2. The lowest BCUT2D eigenvalue weighted by Crippen LogP contribution is -2.03. The third-order valence-corrected chi connectivity index (χ3v) is 2.36. The van der Waals surface area contributed by atoms with Gasteiger partial charge in [-0.3, -0.25) is 4.79 Å². The molecule has 0 atom stereocenters. The lowest BCUT2D eigenvalue weighted by atomic mass is 9.95. The van der Waals surface area contributed by atoms with Crippen molar-refractivity contribution in [2.45, 2.75) is 26.7 Å². The number of halogens is 2. The van der Waals surface area contributed by atoms with Crippen LogP contribution in [0.25, 0.3) is 0 Å². The monoisotopic (exact) mass is 223 g/mol. The van der Waals surface area contributed by atoms with Crippen LogP contribution in [0.15, 0.2) is 12.1 Å². The summed E-state index contributed by atoms with van der Waals surface area (Å²) in [6.07, 6.45) is -2.19. The molecule has 1 aromatic rings. The molecule has 4 heteroatoms. The fourth-order valence-electron chi connectivity index (χ4n) is 1.51. The van der Waals surface area contributed by atoms with E-state index in [9.17, 15) is 13.6 Å². The second-order valence-electron chi connectivity index (χ2n) is 3.43. The van der Waals surface area contributed by atoms with Gasteiger partial charge < -0.3 is 0 Å². The molecule has 0 unspecified atom stereocenters. The van der Waals surface area contributed by atoms with E-state index in [0.29, 0.717) is 12.0 Å². The summed E-state index contributed by atoms with van der Waals surface area (Å²) in [7, 11) is 0. The number of nitrogens with zero attached hydrogens (tertiary/aromatic N) is 1. The first kappa shape index (κ1) is 12.3. The predicted octanol–water partition coefficient (Wildman–Crippen LogP) is 3.26. The summed E-state index contributed by atoms with van der Waals surface area (Å²) in [4.78, 5) is 11.3. The SMILES string of the molecule is CCc1cc(C(C)=O)c(C#N)c(C(F)F)c1. The minimum atomic E-state index is -2.74. The van der Waals surface area contributed by atoms with Crippen molar-refractivity contribution in [3.63, 3.8) is 0 Å². The highest BCUT2D eigenvalue weighted by molar-refractivity contribution is 5.97. The third-order valence-electron chi connectivity index (χ3n) is 2.36. The predicted molar refractivity (Wildman–Crippen MR) is 55.5 cm³/mol. The molecule has 0 radical (unpaired) electrons. The lowest BCUT2D eigenvalue weighted by molar-refractivity contribution is 0.101. The minimum Gasteiger partial charge on any atom is -0.294 e. The summed E-state index contributed by atoms with van der Waals surface area (Å²) >= 11 is 0. The fraction of sp³-hybridized carbons (Fsp3) is 0.333. The van der Waals surface area contributed by atoms with E-state index >= 15 is 0 Å². The van der Waals surface area contributed by atoms with E-state index in [4.69, 9.17) is 5.26 Å². The topological polar surface area (TPSA) is 40.9 Å². The standard InChI is InChI=1S/C12H11F2NO/c1-3-8-4-9(7(2)16)11(6-15)10(5-8)12(13)14/h4-5,12H,3H2,1-2H3. The normalized spacial score (nSPS) is 10.2. The zero-order chi connectivity index (χ0) is 12.3. The van der Waals surface area contributed by atoms with Crippen LogP contribution in [0.5, 0.6) is 0 Å². The summed E-state index contributed by atoms with van der Waals surface area (Å²) in [5, 5.41) is 8.83. The van der Waals surface area contributed by atoms with Crippen LogP contribution in [0.4, 0.5) is 8.78 Å². The molecule has 1 rings (SSSR count). The number of Topliss-reactive ketones (excluding diaryl/α,β-unsaturated/α-hetero) is 1. The van der Waals surface area contributed by atoms with Crippen LogP contribution in [0.2, 0.25) is 0 Å². The van der Waals surface area contributed by atoms with Gasteiger partial charge in [-0.25, -0.2) is 8.78 Å². The van der Waals surface area contributed by atoms with Crippen molar-refractivity contribution < 1.29 is 13.6 Å². The Labute approximate surface area is 92.5 Å². The van der Waals surface area contributed by atoms with E-state index in [1.54, 1.807) is 13.0 Å². The molecule has 0 N–H and O–H groups in total. The molecule has 0 aliphatic rings. The van der Waals surface area contributed by atoms with Crippen LogP contribution in [0.1, 0.15) is 47.3 Å². The number of carbonyl (C=O) groups is 1. The van der Waals surface area contributed by atoms with Gasteiger partial charge in [-0.1, -0.05) is 6.92 Å². The van der Waals surface area contributed by atoms with Crippen molar-refractivity contribution in [1.82, 2.24) is 0 Å². The van der Waals surface area contributed by atoms with E-state index in [-0.39, 0.29) is 22.5 Å². The van der Waals surface area contributed by atoms with Gasteiger partial charge in [0.25, 0.3) is 6.43 Å². The molecular formula is C12H11F2NO. The first-order valence-electron chi connectivity index (χ1n) is 4.87. The molecule has 0 saturated heterocycles. The Balaban J connectivity index is 3.54. The number of rotatable bonds is 3. The molecular weight excluding hydrogens is 212 g/mol. The maximum atomic E-state index is 12.7. The average molecular weight is 223 g/mol. The Kier molecular flexibility index (Phi) is 3.73. The number of alkyl halides is 2. The quantitative estimate of drug-likeness (QED) is 0.738. The first-order chi connectivity index (χ1) is 7.51. The Morgan fingerprint density at radius 3 is 2.50 bits per heavy atom. The summed E-state index contributed by atoms with van der Waals surface area (Å²) in [5.74, 6) is -0.367. The van der Waals surface area contributed by atoms with Crippen molar-refractivity contribution in [3.05, 3.63) is 34.4 Å². The summed E-state index contributed by atoms with van der Waals surface area (Å²) in [6, 6.07) is 4.47. The molecule has 1 aromatic carbocycles. The lowest BCUT2D eigenvalue weighted by Gasteiger charge is -2.09. The Morgan fingerprint density at radius 2 is 2.12 bits per heavy atom. The van der Waals surface area contributed by atoms with E-state index in [1.807, 2.05) is 0 Å². The number of carbonyl (C=O) groups excluding carboxylic acids is 1. The molecule has 0 bridgehead atoms. The van der Waals surface area contributed by atoms with Crippen LogP contribution in [-0.2, 0) is 6.42 Å². The summed E-state index contributed by atoms with van der Waals surface area (Å²) < 4.78 is 25.4. The van der Waals surface area contributed by atoms with Gasteiger partial charge >= 0.3 is 0 Å². The van der Waals surface area contributed by atoms with Crippen LogP contribution < -0.4 is 0 Å². The van der Waals surface area contributed by atoms with Crippen LogP contribution in [0.3, 0.4) is 0 Å². The second-order valence-corrected chi connectivity index (χ2v) is 3.43. The van der Waals surface area contributed by atoms with E-state index < -0.39 is 6.43 Å². The highest BCUT2D eigenvalue weighted by Crippen LogP contribution is 2.27. The van der Waals surface area contributed by atoms with Crippen LogP contribution in [0, 0.1) is 11.3 Å². The molecule has 0 amide bonds. The number of hydrogen-bond donors (Lipinski definition) is 0. The second kappa shape index (κ2) is 4.84. The maximum absolute atomic E-state index is 12.7. The molecule has 84 valence electrons. The average Bonchev–Trinajstić information content (AvgIpc) is 2.26. The van der Waals surface area contributed by atoms with Gasteiger partial charge in [0.05, 0.1) is 5.56 Å². The van der Waals surface area contributed by atoms with Crippen LogP contribution in [-0.4, -0.2) is 5.78 Å². The van der Waals surface area contributed by atoms with Crippen molar-refractivity contribution in [2.75, 3.05) is 0 Å². The highest BCUT2D eigenvalue weighted by atomic mass is 19.3. The third kappa shape index (κ3) is 2.25. The molecule has 16 heavy (non-hydrogen) atoms. The van der Waals surface area contributed by atoms with Crippen molar-refractivity contribution in [2.24, 2.45) is 0 Å². The van der Waals surface area contributed by atoms with E-state index in [0.717, 1.165) is 0 Å². The molecule has 0 fully saturated rings.